The molecule has 1 saturated carbocycles. The van der Waals surface area contributed by atoms with Gasteiger partial charge in [0, 0.05) is 5.56 Å². The summed E-state index contributed by atoms with van der Waals surface area (Å²) < 4.78 is 11.0. The molecule has 0 atom stereocenters. The van der Waals surface area contributed by atoms with Gasteiger partial charge in [-0.25, -0.2) is 0 Å². The molecular weight excluding hydrogens is 292 g/mol. The molecule has 1 N–H and O–H groups in total. The topological polar surface area (TPSA) is 55.8 Å². The Morgan fingerprint density at radius 1 is 1.29 bits per heavy atom. The maximum absolute atomic E-state index is 12.0. The van der Waals surface area contributed by atoms with Crippen LogP contribution in [0.4, 0.5) is 0 Å². The smallest absolute Gasteiger partial charge is 0.314 e. The van der Waals surface area contributed by atoms with Gasteiger partial charge in [0.15, 0.2) is 11.5 Å². The van der Waals surface area contributed by atoms with E-state index >= 15 is 0 Å². The van der Waals surface area contributed by atoms with Crippen molar-refractivity contribution in [2.45, 2.75) is 50.9 Å². The third-order valence-electron chi connectivity index (χ3n) is 4.59. The van der Waals surface area contributed by atoms with Crippen LogP contribution in [0.3, 0.4) is 0 Å². The van der Waals surface area contributed by atoms with Gasteiger partial charge in [-0.15, -0.1) is 0 Å². The molecule has 5 heteroatoms. The van der Waals surface area contributed by atoms with Gasteiger partial charge in [0.1, 0.15) is 0 Å². The number of carboxylic acid groups (broad SMARTS) is 1. The normalized spacial score (nSPS) is 19.2. The van der Waals surface area contributed by atoms with Crippen molar-refractivity contribution in [3.05, 3.63) is 22.2 Å². The van der Waals surface area contributed by atoms with E-state index in [2.05, 4.69) is 0 Å². The van der Waals surface area contributed by atoms with Gasteiger partial charge < -0.3 is 14.6 Å². The highest BCUT2D eigenvalue weighted by Gasteiger charge is 2.46. The van der Waals surface area contributed by atoms with Gasteiger partial charge in [0.25, 0.3) is 0 Å². The van der Waals surface area contributed by atoms with Crippen LogP contribution in [0.15, 0.2) is 6.07 Å². The highest BCUT2D eigenvalue weighted by atomic mass is 35.5. The van der Waals surface area contributed by atoms with Crippen LogP contribution in [0.25, 0.3) is 0 Å². The first-order valence-electron chi connectivity index (χ1n) is 7.33. The summed E-state index contributed by atoms with van der Waals surface area (Å²) in [4.78, 5) is 12.0. The summed E-state index contributed by atoms with van der Waals surface area (Å²) in [5.41, 5.74) is 0.887. The van der Waals surface area contributed by atoms with E-state index in [9.17, 15) is 9.90 Å². The summed E-state index contributed by atoms with van der Waals surface area (Å²) in [7, 11) is 0. The zero-order valence-electron chi connectivity index (χ0n) is 12.2. The fourth-order valence-electron chi connectivity index (χ4n) is 3.59. The Hall–Kier alpha value is -1.42. The first-order chi connectivity index (χ1) is 9.97. The van der Waals surface area contributed by atoms with Crippen molar-refractivity contribution in [3.63, 3.8) is 0 Å². The summed E-state index contributed by atoms with van der Waals surface area (Å²) in [5, 5.41) is 10.3. The first kappa shape index (κ1) is 14.5. The number of fused-ring (bicyclic) bond motifs is 1. The second kappa shape index (κ2) is 5.09. The molecule has 4 nitrogen and oxygen atoms in total. The van der Waals surface area contributed by atoms with Gasteiger partial charge >= 0.3 is 5.97 Å². The molecule has 1 aliphatic heterocycles. The van der Waals surface area contributed by atoms with Crippen LogP contribution >= 0.6 is 11.6 Å². The van der Waals surface area contributed by atoms with E-state index in [0.29, 0.717) is 29.4 Å². The van der Waals surface area contributed by atoms with E-state index in [4.69, 9.17) is 21.1 Å². The predicted molar refractivity (Wildman–Crippen MR) is 79.4 cm³/mol. The number of carboxylic acids is 1. The Morgan fingerprint density at radius 3 is 2.48 bits per heavy atom. The van der Waals surface area contributed by atoms with Crippen molar-refractivity contribution < 1.29 is 19.4 Å². The molecule has 0 radical (unpaired) electrons. The van der Waals surface area contributed by atoms with E-state index in [-0.39, 0.29) is 12.7 Å². The number of halogens is 1. The van der Waals surface area contributed by atoms with E-state index in [1.54, 1.807) is 6.07 Å². The Balaban J connectivity index is 2.27. The zero-order chi connectivity index (χ0) is 15.2. The molecule has 2 aliphatic rings. The Bertz CT molecular complexity index is 588. The SMILES string of the molecule is CC(C)c1c(C2(C(=O)O)CCCC2)cc(Cl)c2c1OCO2. The van der Waals surface area contributed by atoms with Crippen LogP contribution in [-0.2, 0) is 10.2 Å². The number of aliphatic carboxylic acids is 1. The molecule has 0 saturated heterocycles. The van der Waals surface area contributed by atoms with Crippen molar-refractivity contribution in [2.24, 2.45) is 0 Å². The predicted octanol–water partition coefficient (Wildman–Crippen LogP) is 4.09. The molecule has 0 amide bonds. The van der Waals surface area contributed by atoms with E-state index in [1.165, 1.54) is 0 Å². The van der Waals surface area contributed by atoms with Crippen LogP contribution in [0.1, 0.15) is 56.6 Å². The molecule has 114 valence electrons. The van der Waals surface area contributed by atoms with E-state index in [1.807, 2.05) is 13.8 Å². The lowest BCUT2D eigenvalue weighted by molar-refractivity contribution is -0.143. The second-order valence-corrected chi connectivity index (χ2v) is 6.54. The number of carbonyl (C=O) groups is 1. The molecule has 1 fully saturated rings. The average molecular weight is 311 g/mol. The molecule has 0 bridgehead atoms. The van der Waals surface area contributed by atoms with Crippen molar-refractivity contribution in [1.82, 2.24) is 0 Å². The van der Waals surface area contributed by atoms with Gasteiger partial charge in [-0.2, -0.15) is 0 Å². The largest absolute Gasteiger partial charge is 0.481 e. The molecule has 21 heavy (non-hydrogen) atoms. The molecule has 0 aromatic heterocycles. The van der Waals surface area contributed by atoms with Crippen LogP contribution in [-0.4, -0.2) is 17.9 Å². The number of benzene rings is 1. The van der Waals surface area contributed by atoms with Crippen molar-refractivity contribution in [1.29, 1.82) is 0 Å². The van der Waals surface area contributed by atoms with Gasteiger partial charge in [0.05, 0.1) is 10.4 Å². The Labute approximate surface area is 129 Å². The number of hydrogen-bond donors (Lipinski definition) is 1. The molecule has 1 aromatic carbocycles. The first-order valence-corrected chi connectivity index (χ1v) is 7.71. The molecular formula is C16H19ClO4. The number of rotatable bonds is 3. The fraction of sp³-hybridized carbons (Fsp3) is 0.562. The quantitative estimate of drug-likeness (QED) is 0.913. The second-order valence-electron chi connectivity index (χ2n) is 6.13. The van der Waals surface area contributed by atoms with Crippen LogP contribution in [0, 0.1) is 0 Å². The summed E-state index contributed by atoms with van der Waals surface area (Å²) in [6.07, 6.45) is 3.15. The molecule has 1 aliphatic carbocycles. The Kier molecular flexibility index (Phi) is 3.52. The summed E-state index contributed by atoms with van der Waals surface area (Å²) in [6.45, 7) is 4.22. The standard InChI is InChI=1S/C16H19ClO4/c1-9(2)12-10(16(15(18)19)5-3-4-6-16)7-11(17)13-14(12)21-8-20-13/h7,9H,3-6,8H2,1-2H3,(H,18,19). The van der Waals surface area contributed by atoms with Crippen molar-refractivity contribution in [3.8, 4) is 11.5 Å². The van der Waals surface area contributed by atoms with Crippen molar-refractivity contribution in [2.75, 3.05) is 6.79 Å². The third-order valence-corrected chi connectivity index (χ3v) is 4.88. The summed E-state index contributed by atoms with van der Waals surface area (Å²) in [6, 6.07) is 1.78. The molecule has 1 heterocycles. The lowest BCUT2D eigenvalue weighted by atomic mass is 9.74. The van der Waals surface area contributed by atoms with E-state index < -0.39 is 11.4 Å². The minimum Gasteiger partial charge on any atom is -0.481 e. The third kappa shape index (κ3) is 2.08. The van der Waals surface area contributed by atoms with Gasteiger partial charge in [-0.1, -0.05) is 38.3 Å². The van der Waals surface area contributed by atoms with Crippen LogP contribution < -0.4 is 9.47 Å². The fourth-order valence-corrected chi connectivity index (χ4v) is 3.84. The van der Waals surface area contributed by atoms with Gasteiger partial charge in [-0.05, 0) is 30.4 Å². The van der Waals surface area contributed by atoms with Gasteiger partial charge in [-0.3, -0.25) is 4.79 Å². The Morgan fingerprint density at radius 2 is 1.90 bits per heavy atom. The molecule has 0 spiro atoms. The highest BCUT2D eigenvalue weighted by molar-refractivity contribution is 6.32. The maximum Gasteiger partial charge on any atom is 0.314 e. The maximum atomic E-state index is 12.0. The molecule has 0 unspecified atom stereocenters. The monoisotopic (exact) mass is 310 g/mol. The van der Waals surface area contributed by atoms with Crippen molar-refractivity contribution >= 4 is 17.6 Å². The van der Waals surface area contributed by atoms with E-state index in [0.717, 1.165) is 24.0 Å². The zero-order valence-corrected chi connectivity index (χ0v) is 13.0. The number of hydrogen-bond acceptors (Lipinski definition) is 3. The molecule has 3 rings (SSSR count). The lowest BCUT2D eigenvalue weighted by Crippen LogP contribution is -2.34. The minimum atomic E-state index is -0.843. The van der Waals surface area contributed by atoms with Crippen LogP contribution in [0.5, 0.6) is 11.5 Å². The lowest BCUT2D eigenvalue weighted by Gasteiger charge is -2.29. The van der Waals surface area contributed by atoms with Crippen LogP contribution in [0.2, 0.25) is 5.02 Å². The molecule has 1 aromatic rings. The average Bonchev–Trinajstić information content (AvgIpc) is 3.07. The summed E-state index contributed by atoms with van der Waals surface area (Å²) in [5.74, 6) is 0.545. The number of ether oxygens (including phenoxy) is 2. The minimum absolute atomic E-state index is 0.137. The summed E-state index contributed by atoms with van der Waals surface area (Å²) >= 11 is 6.30. The van der Waals surface area contributed by atoms with Gasteiger partial charge in [0.2, 0.25) is 6.79 Å². The highest BCUT2D eigenvalue weighted by Crippen LogP contribution is 2.52.